The van der Waals surface area contributed by atoms with Gasteiger partial charge in [0.15, 0.2) is 0 Å². The fourth-order valence-electron chi connectivity index (χ4n) is 1.85. The first-order valence-corrected chi connectivity index (χ1v) is 6.95. The molecule has 0 aliphatic carbocycles. The number of urea groups is 1. The minimum absolute atomic E-state index is 0.0761. The second kappa shape index (κ2) is 7.15. The van der Waals surface area contributed by atoms with E-state index in [1.807, 2.05) is 19.1 Å². The van der Waals surface area contributed by atoms with Crippen LogP contribution in [0.2, 0.25) is 5.02 Å². The zero-order valence-corrected chi connectivity index (χ0v) is 12.3. The van der Waals surface area contributed by atoms with Gasteiger partial charge in [-0.25, -0.2) is 4.79 Å². The van der Waals surface area contributed by atoms with E-state index >= 15 is 0 Å². The van der Waals surface area contributed by atoms with Gasteiger partial charge in [0.1, 0.15) is 11.9 Å². The molecule has 2 aromatic rings. The molecule has 0 spiro atoms. The van der Waals surface area contributed by atoms with Gasteiger partial charge in [0.05, 0.1) is 18.8 Å². The summed E-state index contributed by atoms with van der Waals surface area (Å²) in [5.74, 6) is 0.418. The van der Waals surface area contributed by atoms with Crippen LogP contribution in [0.15, 0.2) is 47.1 Å². The minimum Gasteiger partial charge on any atom is -0.467 e. The summed E-state index contributed by atoms with van der Waals surface area (Å²) in [6.07, 6.45) is 0.609. The molecule has 3 N–H and O–H groups in total. The minimum atomic E-state index is -0.864. The lowest BCUT2D eigenvalue weighted by molar-refractivity contribution is 0.147. The number of aliphatic hydroxyl groups is 1. The van der Waals surface area contributed by atoms with Crippen LogP contribution in [0, 0.1) is 0 Å². The Morgan fingerprint density at radius 3 is 2.67 bits per heavy atom. The fourth-order valence-corrected chi connectivity index (χ4v) is 1.98. The van der Waals surface area contributed by atoms with Gasteiger partial charge in [0.25, 0.3) is 0 Å². The standard InChI is InChI=1S/C15H17ClN2O3/c1-10(11-4-6-12(16)7-5-11)18-15(20)17-9-13(19)14-3-2-8-21-14/h2-8,10,13,19H,9H2,1H3,(H2,17,18,20). The van der Waals surface area contributed by atoms with Crippen LogP contribution in [0.5, 0.6) is 0 Å². The maximum Gasteiger partial charge on any atom is 0.315 e. The molecule has 0 fully saturated rings. The van der Waals surface area contributed by atoms with Crippen LogP contribution >= 0.6 is 11.6 Å². The number of benzene rings is 1. The van der Waals surface area contributed by atoms with Gasteiger partial charge >= 0.3 is 6.03 Å². The summed E-state index contributed by atoms with van der Waals surface area (Å²) in [7, 11) is 0. The summed E-state index contributed by atoms with van der Waals surface area (Å²) < 4.78 is 5.05. The molecule has 1 aromatic carbocycles. The van der Waals surface area contributed by atoms with Crippen molar-refractivity contribution in [2.24, 2.45) is 0 Å². The van der Waals surface area contributed by atoms with Crippen LogP contribution in [0.4, 0.5) is 4.79 Å². The summed E-state index contributed by atoms with van der Waals surface area (Å²) in [5.41, 5.74) is 0.945. The third kappa shape index (κ3) is 4.51. The highest BCUT2D eigenvalue weighted by Gasteiger charge is 2.13. The molecular formula is C15H17ClN2O3. The van der Waals surface area contributed by atoms with Crippen LogP contribution in [-0.2, 0) is 0 Å². The molecule has 6 heteroatoms. The topological polar surface area (TPSA) is 74.5 Å². The van der Waals surface area contributed by atoms with E-state index in [-0.39, 0.29) is 18.6 Å². The van der Waals surface area contributed by atoms with Crippen LogP contribution in [0.1, 0.15) is 30.4 Å². The Balaban J connectivity index is 1.80. The van der Waals surface area contributed by atoms with E-state index in [9.17, 15) is 9.90 Å². The lowest BCUT2D eigenvalue weighted by Crippen LogP contribution is -2.39. The zero-order chi connectivity index (χ0) is 15.2. The Morgan fingerprint density at radius 1 is 1.33 bits per heavy atom. The van der Waals surface area contributed by atoms with Crippen molar-refractivity contribution in [3.8, 4) is 0 Å². The first-order chi connectivity index (χ1) is 10.1. The number of aliphatic hydroxyl groups excluding tert-OH is 1. The Bertz CT molecular complexity index is 569. The van der Waals surface area contributed by atoms with Crippen LogP contribution in [-0.4, -0.2) is 17.7 Å². The Kier molecular flexibility index (Phi) is 5.25. The van der Waals surface area contributed by atoms with Crippen LogP contribution < -0.4 is 10.6 Å². The van der Waals surface area contributed by atoms with Gasteiger partial charge in [-0.05, 0) is 36.8 Å². The van der Waals surface area contributed by atoms with E-state index in [0.29, 0.717) is 10.8 Å². The number of amides is 2. The number of hydrogen-bond donors (Lipinski definition) is 3. The van der Waals surface area contributed by atoms with E-state index in [2.05, 4.69) is 10.6 Å². The molecule has 112 valence electrons. The van der Waals surface area contributed by atoms with Crippen molar-refractivity contribution in [1.29, 1.82) is 0 Å². The van der Waals surface area contributed by atoms with Gasteiger partial charge in [-0.1, -0.05) is 23.7 Å². The molecular weight excluding hydrogens is 292 g/mol. The average molecular weight is 309 g/mol. The predicted molar refractivity (Wildman–Crippen MR) is 80.1 cm³/mol. The Morgan fingerprint density at radius 2 is 2.05 bits per heavy atom. The molecule has 21 heavy (non-hydrogen) atoms. The molecule has 2 rings (SSSR count). The number of hydrogen-bond acceptors (Lipinski definition) is 3. The highest BCUT2D eigenvalue weighted by atomic mass is 35.5. The number of rotatable bonds is 5. The van der Waals surface area contributed by atoms with Gasteiger partial charge in [-0.3, -0.25) is 0 Å². The summed E-state index contributed by atoms with van der Waals surface area (Å²) in [6.45, 7) is 1.94. The predicted octanol–water partition coefficient (Wildman–Crippen LogP) is 3.03. The van der Waals surface area contributed by atoms with Gasteiger partial charge in [0, 0.05) is 5.02 Å². The van der Waals surface area contributed by atoms with E-state index in [1.54, 1.807) is 24.3 Å². The molecule has 0 saturated heterocycles. The van der Waals surface area contributed by atoms with Crippen molar-refractivity contribution in [1.82, 2.24) is 10.6 Å². The highest BCUT2D eigenvalue weighted by molar-refractivity contribution is 6.30. The number of carbonyl (C=O) groups excluding carboxylic acids is 1. The largest absolute Gasteiger partial charge is 0.467 e. The first kappa shape index (κ1) is 15.4. The quantitative estimate of drug-likeness (QED) is 0.795. The monoisotopic (exact) mass is 308 g/mol. The number of carbonyl (C=O) groups is 1. The van der Waals surface area contributed by atoms with Crippen molar-refractivity contribution >= 4 is 17.6 Å². The SMILES string of the molecule is CC(NC(=O)NCC(O)c1ccco1)c1ccc(Cl)cc1. The number of furan rings is 1. The van der Waals surface area contributed by atoms with Gasteiger partial charge < -0.3 is 20.2 Å². The lowest BCUT2D eigenvalue weighted by atomic mass is 10.1. The van der Waals surface area contributed by atoms with E-state index in [1.165, 1.54) is 6.26 Å². The van der Waals surface area contributed by atoms with Crippen molar-refractivity contribution in [3.05, 3.63) is 59.0 Å². The Hall–Kier alpha value is -1.98. The van der Waals surface area contributed by atoms with Crippen molar-refractivity contribution in [2.45, 2.75) is 19.1 Å². The lowest BCUT2D eigenvalue weighted by Gasteiger charge is -2.16. The molecule has 2 atom stereocenters. The average Bonchev–Trinajstić information content (AvgIpc) is 2.99. The van der Waals surface area contributed by atoms with E-state index < -0.39 is 6.10 Å². The molecule has 2 amide bonds. The third-order valence-corrected chi connectivity index (χ3v) is 3.30. The molecule has 0 aliphatic heterocycles. The molecule has 0 bridgehead atoms. The summed E-state index contributed by atoms with van der Waals surface area (Å²) in [5, 5.41) is 15.8. The highest BCUT2D eigenvalue weighted by Crippen LogP contribution is 2.16. The summed E-state index contributed by atoms with van der Waals surface area (Å²) >= 11 is 5.82. The molecule has 5 nitrogen and oxygen atoms in total. The first-order valence-electron chi connectivity index (χ1n) is 6.57. The van der Waals surface area contributed by atoms with Gasteiger partial charge in [0.2, 0.25) is 0 Å². The van der Waals surface area contributed by atoms with Gasteiger partial charge in [-0.2, -0.15) is 0 Å². The molecule has 1 heterocycles. The molecule has 0 saturated carbocycles. The van der Waals surface area contributed by atoms with Crippen molar-refractivity contribution in [3.63, 3.8) is 0 Å². The summed E-state index contributed by atoms with van der Waals surface area (Å²) in [6, 6.07) is 10.1. The normalized spacial score (nSPS) is 13.5. The third-order valence-electron chi connectivity index (χ3n) is 3.05. The van der Waals surface area contributed by atoms with Crippen LogP contribution in [0.25, 0.3) is 0 Å². The Labute approximate surface area is 127 Å². The molecule has 0 aliphatic rings. The number of halogens is 1. The maximum atomic E-state index is 11.8. The van der Waals surface area contributed by atoms with Crippen LogP contribution in [0.3, 0.4) is 0 Å². The smallest absolute Gasteiger partial charge is 0.315 e. The van der Waals surface area contributed by atoms with Crippen molar-refractivity contribution in [2.75, 3.05) is 6.54 Å². The maximum absolute atomic E-state index is 11.8. The molecule has 1 aromatic heterocycles. The zero-order valence-electron chi connectivity index (χ0n) is 11.5. The molecule has 0 radical (unpaired) electrons. The second-order valence-corrected chi connectivity index (χ2v) is 5.10. The van der Waals surface area contributed by atoms with E-state index in [0.717, 1.165) is 5.56 Å². The summed E-state index contributed by atoms with van der Waals surface area (Å²) in [4.78, 5) is 11.8. The van der Waals surface area contributed by atoms with Crippen molar-refractivity contribution < 1.29 is 14.3 Å². The second-order valence-electron chi connectivity index (χ2n) is 4.66. The number of nitrogens with one attached hydrogen (secondary N) is 2. The van der Waals surface area contributed by atoms with Gasteiger partial charge in [-0.15, -0.1) is 0 Å². The molecule has 2 unspecified atom stereocenters. The fraction of sp³-hybridized carbons (Fsp3) is 0.267. The van der Waals surface area contributed by atoms with E-state index in [4.69, 9.17) is 16.0 Å².